The maximum absolute atomic E-state index is 14.3. The van der Waals surface area contributed by atoms with Crippen LogP contribution >= 0.6 is 0 Å². The van der Waals surface area contributed by atoms with Crippen LogP contribution in [0.5, 0.6) is 0 Å². The highest BCUT2D eigenvalue weighted by molar-refractivity contribution is 6.02. The first-order valence-corrected chi connectivity index (χ1v) is 9.93. The summed E-state index contributed by atoms with van der Waals surface area (Å²) in [6, 6.07) is 8.82. The Balaban J connectivity index is 1.76. The lowest BCUT2D eigenvalue weighted by molar-refractivity contribution is -0.0493. The SMILES string of the molecule is Cc1cc(Cc2nc3cnc4ccc(C#N)cc4c3n2C2CCCC(F)(F)C2)no1. The van der Waals surface area contributed by atoms with E-state index in [9.17, 15) is 14.0 Å². The third-order valence-electron chi connectivity index (χ3n) is 5.71. The minimum absolute atomic E-state index is 0.0885. The third-order valence-corrected chi connectivity index (χ3v) is 5.71. The van der Waals surface area contributed by atoms with Crippen molar-refractivity contribution in [3.63, 3.8) is 0 Å². The maximum atomic E-state index is 14.3. The molecule has 30 heavy (non-hydrogen) atoms. The van der Waals surface area contributed by atoms with Crippen molar-refractivity contribution in [1.82, 2.24) is 19.7 Å². The van der Waals surface area contributed by atoms with Crippen LogP contribution in [-0.4, -0.2) is 25.6 Å². The molecule has 152 valence electrons. The number of pyridine rings is 1. The molecule has 3 aromatic heterocycles. The van der Waals surface area contributed by atoms with Crippen LogP contribution in [0.1, 0.15) is 54.6 Å². The number of hydrogen-bond acceptors (Lipinski definition) is 5. The number of nitriles is 1. The van der Waals surface area contributed by atoms with E-state index >= 15 is 0 Å². The van der Waals surface area contributed by atoms with Gasteiger partial charge in [-0.2, -0.15) is 5.26 Å². The fraction of sp³-hybridized carbons (Fsp3) is 0.364. The molecule has 8 heteroatoms. The van der Waals surface area contributed by atoms with Crippen molar-refractivity contribution in [3.8, 4) is 6.07 Å². The van der Waals surface area contributed by atoms with Crippen LogP contribution in [0.25, 0.3) is 21.9 Å². The number of imidazole rings is 1. The van der Waals surface area contributed by atoms with Gasteiger partial charge < -0.3 is 9.09 Å². The Morgan fingerprint density at radius 3 is 2.90 bits per heavy atom. The minimum Gasteiger partial charge on any atom is -0.361 e. The summed E-state index contributed by atoms with van der Waals surface area (Å²) in [6.07, 6.45) is 2.81. The van der Waals surface area contributed by atoms with Gasteiger partial charge in [0.2, 0.25) is 5.92 Å². The average molecular weight is 407 g/mol. The summed E-state index contributed by atoms with van der Waals surface area (Å²) in [5.74, 6) is -1.37. The van der Waals surface area contributed by atoms with Gasteiger partial charge >= 0.3 is 0 Å². The number of halogens is 2. The topological polar surface area (TPSA) is 80.5 Å². The second-order valence-electron chi connectivity index (χ2n) is 7.95. The van der Waals surface area contributed by atoms with E-state index < -0.39 is 12.0 Å². The highest BCUT2D eigenvalue weighted by atomic mass is 19.3. The normalized spacial score (nSPS) is 18.7. The van der Waals surface area contributed by atoms with Crippen LogP contribution in [0, 0.1) is 18.3 Å². The quantitative estimate of drug-likeness (QED) is 0.472. The molecule has 6 nitrogen and oxygen atoms in total. The zero-order chi connectivity index (χ0) is 20.9. The lowest BCUT2D eigenvalue weighted by Crippen LogP contribution is -2.28. The van der Waals surface area contributed by atoms with Crippen molar-refractivity contribution in [3.05, 3.63) is 53.3 Å². The second kappa shape index (κ2) is 6.87. The number of alkyl halides is 2. The van der Waals surface area contributed by atoms with Crippen LogP contribution < -0.4 is 0 Å². The lowest BCUT2D eigenvalue weighted by atomic mass is 9.91. The Hall–Kier alpha value is -3.34. The molecule has 0 bridgehead atoms. The van der Waals surface area contributed by atoms with Crippen molar-refractivity contribution < 1.29 is 13.3 Å². The lowest BCUT2D eigenvalue weighted by Gasteiger charge is -2.31. The second-order valence-corrected chi connectivity index (χ2v) is 7.95. The van der Waals surface area contributed by atoms with Crippen molar-refractivity contribution in [2.45, 2.75) is 51.0 Å². The van der Waals surface area contributed by atoms with Gasteiger partial charge in [-0.25, -0.2) is 13.8 Å². The number of benzene rings is 1. The molecular weight excluding hydrogens is 388 g/mol. The van der Waals surface area contributed by atoms with E-state index in [1.807, 2.05) is 17.6 Å². The van der Waals surface area contributed by atoms with Crippen molar-refractivity contribution in [2.24, 2.45) is 0 Å². The van der Waals surface area contributed by atoms with Crippen LogP contribution in [-0.2, 0) is 6.42 Å². The fourth-order valence-electron chi connectivity index (χ4n) is 4.44. The molecule has 5 rings (SSSR count). The van der Waals surface area contributed by atoms with Crippen molar-refractivity contribution in [2.75, 3.05) is 0 Å². The van der Waals surface area contributed by atoms with Gasteiger partial charge in [0.25, 0.3) is 0 Å². The number of nitrogens with zero attached hydrogens (tertiary/aromatic N) is 5. The molecule has 1 aromatic carbocycles. The number of hydrogen-bond donors (Lipinski definition) is 0. The molecule has 0 radical (unpaired) electrons. The zero-order valence-corrected chi connectivity index (χ0v) is 16.4. The Kier molecular flexibility index (Phi) is 4.28. The molecule has 1 saturated carbocycles. The average Bonchev–Trinajstić information content (AvgIpc) is 3.29. The van der Waals surface area contributed by atoms with Gasteiger partial charge in [0.05, 0.1) is 41.0 Å². The van der Waals surface area contributed by atoms with Crippen LogP contribution in [0.2, 0.25) is 0 Å². The summed E-state index contributed by atoms with van der Waals surface area (Å²) in [4.78, 5) is 9.19. The standard InChI is InChI=1S/C22H19F2N5O/c1-13-7-15(28-30-13)9-20-27-19-12-26-18-5-4-14(11-25)8-17(18)21(19)29(20)16-3-2-6-22(23,24)10-16/h4-5,7-8,12,16H,2-3,6,9-10H2,1H3. The van der Waals surface area contributed by atoms with E-state index in [-0.39, 0.29) is 12.8 Å². The Bertz CT molecular complexity index is 1300. The molecule has 0 saturated heterocycles. The molecule has 3 heterocycles. The van der Waals surface area contributed by atoms with E-state index in [0.29, 0.717) is 53.1 Å². The smallest absolute Gasteiger partial charge is 0.250 e. The van der Waals surface area contributed by atoms with E-state index in [1.165, 1.54) is 0 Å². The van der Waals surface area contributed by atoms with Crippen LogP contribution in [0.3, 0.4) is 0 Å². The zero-order valence-electron chi connectivity index (χ0n) is 16.4. The molecule has 1 fully saturated rings. The van der Waals surface area contributed by atoms with Crippen LogP contribution in [0.4, 0.5) is 8.78 Å². The van der Waals surface area contributed by atoms with Crippen LogP contribution in [0.15, 0.2) is 35.0 Å². The highest BCUT2D eigenvalue weighted by Gasteiger charge is 2.38. The van der Waals surface area contributed by atoms with Gasteiger partial charge in [-0.05, 0) is 38.0 Å². The number of aromatic nitrogens is 4. The maximum Gasteiger partial charge on any atom is 0.250 e. The van der Waals surface area contributed by atoms with Gasteiger partial charge in [-0.15, -0.1) is 0 Å². The Morgan fingerprint density at radius 1 is 1.30 bits per heavy atom. The summed E-state index contributed by atoms with van der Waals surface area (Å²) < 4.78 is 35.8. The minimum atomic E-state index is -2.71. The molecule has 0 aliphatic heterocycles. The third kappa shape index (κ3) is 3.20. The molecule has 1 unspecified atom stereocenters. The number of rotatable bonds is 3. The van der Waals surface area contributed by atoms with E-state index in [1.54, 1.807) is 24.4 Å². The molecule has 1 aliphatic rings. The van der Waals surface area contributed by atoms with Crippen molar-refractivity contribution in [1.29, 1.82) is 5.26 Å². The van der Waals surface area contributed by atoms with Gasteiger partial charge in [-0.1, -0.05) is 5.16 Å². The number of fused-ring (bicyclic) bond motifs is 3. The van der Waals surface area contributed by atoms with Gasteiger partial charge in [-0.3, -0.25) is 4.98 Å². The molecule has 1 aliphatic carbocycles. The number of aryl methyl sites for hydroxylation is 1. The summed E-state index contributed by atoms with van der Waals surface area (Å²) in [7, 11) is 0. The fourth-order valence-corrected chi connectivity index (χ4v) is 4.44. The Labute approximate surface area is 171 Å². The highest BCUT2D eigenvalue weighted by Crippen LogP contribution is 2.42. The first-order chi connectivity index (χ1) is 14.4. The molecule has 0 spiro atoms. The monoisotopic (exact) mass is 407 g/mol. The van der Waals surface area contributed by atoms with Gasteiger partial charge in [0.15, 0.2) is 0 Å². The van der Waals surface area contributed by atoms with Gasteiger partial charge in [0.1, 0.15) is 17.1 Å². The van der Waals surface area contributed by atoms with E-state index in [2.05, 4.69) is 16.2 Å². The summed E-state index contributed by atoms with van der Waals surface area (Å²) in [5, 5.41) is 14.1. The largest absolute Gasteiger partial charge is 0.361 e. The summed E-state index contributed by atoms with van der Waals surface area (Å²) in [5.41, 5.74) is 3.26. The molecule has 0 N–H and O–H groups in total. The molecule has 0 amide bonds. The van der Waals surface area contributed by atoms with E-state index in [0.717, 1.165) is 10.9 Å². The van der Waals surface area contributed by atoms with Crippen molar-refractivity contribution >= 4 is 21.9 Å². The Morgan fingerprint density at radius 2 is 2.17 bits per heavy atom. The predicted octanol–water partition coefficient (Wildman–Crippen LogP) is 5.09. The van der Waals surface area contributed by atoms with Gasteiger partial charge in [0, 0.05) is 30.3 Å². The first-order valence-electron chi connectivity index (χ1n) is 9.93. The molecule has 1 atom stereocenters. The van der Waals surface area contributed by atoms with E-state index in [4.69, 9.17) is 9.51 Å². The first kappa shape index (κ1) is 18.7. The summed E-state index contributed by atoms with van der Waals surface area (Å²) >= 11 is 0. The molecule has 4 aromatic rings. The molecular formula is C22H19F2N5O. The summed E-state index contributed by atoms with van der Waals surface area (Å²) in [6.45, 7) is 1.81. The predicted molar refractivity (Wildman–Crippen MR) is 106 cm³/mol.